The first-order valence-electron chi connectivity index (χ1n) is 13.1. The number of fused-ring (bicyclic) bond motifs is 1. The highest BCUT2D eigenvalue weighted by molar-refractivity contribution is 7.22. The van der Waals surface area contributed by atoms with Crippen molar-refractivity contribution < 1.29 is 28.6 Å². The number of rotatable bonds is 9. The van der Waals surface area contributed by atoms with E-state index < -0.39 is 23.5 Å². The van der Waals surface area contributed by atoms with Gasteiger partial charge in [0.1, 0.15) is 23.9 Å². The third kappa shape index (κ3) is 5.07. The molecule has 0 bridgehead atoms. The quantitative estimate of drug-likeness (QED) is 0.193. The van der Waals surface area contributed by atoms with Crippen LogP contribution in [0.15, 0.2) is 101 Å². The summed E-state index contributed by atoms with van der Waals surface area (Å²) in [5.74, 6) is -0.124. The summed E-state index contributed by atoms with van der Waals surface area (Å²) in [6.07, 6.45) is 0. The van der Waals surface area contributed by atoms with E-state index >= 15 is 0 Å². The maximum atomic E-state index is 13.7. The number of hydrogen-bond donors (Lipinski definition) is 1. The predicted molar refractivity (Wildman–Crippen MR) is 156 cm³/mol. The number of Topliss-reactive ketones (excluding diaryl/α,β-unsaturated/α-hetero) is 1. The highest BCUT2D eigenvalue weighted by atomic mass is 32.1. The number of hydrogen-bond acceptors (Lipinski definition) is 8. The van der Waals surface area contributed by atoms with Gasteiger partial charge in [-0.25, -0.2) is 4.98 Å². The summed E-state index contributed by atoms with van der Waals surface area (Å²) in [4.78, 5) is 33.4. The van der Waals surface area contributed by atoms with Crippen LogP contribution in [0.3, 0.4) is 0 Å². The third-order valence-electron chi connectivity index (χ3n) is 6.70. The molecule has 8 nitrogen and oxygen atoms in total. The van der Waals surface area contributed by atoms with Crippen molar-refractivity contribution in [1.29, 1.82) is 0 Å². The van der Waals surface area contributed by atoms with E-state index in [2.05, 4.69) is 4.98 Å². The standard InChI is InChI=1S/C32H26N2O6S/c1-3-38-23-13-14-24-26(17-23)41-32(33-24)34-28(27(30(36)31(34)37)29(35)25-15-12-19(2)40-25)21-10-7-11-22(16-21)39-18-20-8-5-4-6-9-20/h4-17,28,36H,3,18H2,1-2H3. The molecule has 0 spiro atoms. The Bertz CT molecular complexity index is 1790. The Morgan fingerprint density at radius 3 is 2.56 bits per heavy atom. The van der Waals surface area contributed by atoms with Gasteiger partial charge in [-0.1, -0.05) is 53.8 Å². The van der Waals surface area contributed by atoms with Crippen molar-refractivity contribution in [3.8, 4) is 11.5 Å². The fraction of sp³-hybridized carbons (Fsp3) is 0.156. The number of nitrogens with zero attached hydrogens (tertiary/aromatic N) is 2. The minimum Gasteiger partial charge on any atom is -0.503 e. The van der Waals surface area contributed by atoms with Crippen molar-refractivity contribution >= 4 is 38.4 Å². The van der Waals surface area contributed by atoms with E-state index in [-0.39, 0.29) is 11.3 Å². The Balaban J connectivity index is 1.42. The Morgan fingerprint density at radius 2 is 1.80 bits per heavy atom. The van der Waals surface area contributed by atoms with Gasteiger partial charge in [0.25, 0.3) is 5.91 Å². The number of ether oxygens (including phenoxy) is 2. The van der Waals surface area contributed by atoms with Gasteiger partial charge in [-0.2, -0.15) is 0 Å². The predicted octanol–water partition coefficient (Wildman–Crippen LogP) is 6.96. The molecule has 0 fully saturated rings. The monoisotopic (exact) mass is 566 g/mol. The van der Waals surface area contributed by atoms with Crippen LogP contribution in [0, 0.1) is 6.92 Å². The van der Waals surface area contributed by atoms with Gasteiger partial charge in [-0.15, -0.1) is 0 Å². The zero-order valence-corrected chi connectivity index (χ0v) is 23.2. The molecule has 9 heteroatoms. The summed E-state index contributed by atoms with van der Waals surface area (Å²) in [5.41, 5.74) is 2.16. The van der Waals surface area contributed by atoms with Crippen LogP contribution in [0.25, 0.3) is 10.2 Å². The number of aliphatic hydroxyl groups is 1. The van der Waals surface area contributed by atoms with Gasteiger partial charge in [-0.3, -0.25) is 14.5 Å². The van der Waals surface area contributed by atoms with Gasteiger partial charge in [0.05, 0.1) is 28.4 Å². The SMILES string of the molecule is CCOc1ccc2nc(N3C(=O)C(O)=C(C(=O)c4ccc(C)o4)C3c3cccc(OCc4ccccc4)c3)sc2c1. The van der Waals surface area contributed by atoms with Crippen LogP contribution in [-0.2, 0) is 11.4 Å². The molecule has 206 valence electrons. The number of furan rings is 1. The molecule has 5 aromatic rings. The maximum Gasteiger partial charge on any atom is 0.296 e. The first-order chi connectivity index (χ1) is 19.9. The van der Waals surface area contributed by atoms with E-state index in [1.807, 2.05) is 55.5 Å². The maximum absolute atomic E-state index is 13.7. The van der Waals surface area contributed by atoms with Crippen LogP contribution in [0.4, 0.5) is 5.13 Å². The molecule has 1 aliphatic heterocycles. The van der Waals surface area contributed by atoms with Gasteiger partial charge in [-0.05, 0) is 67.4 Å². The zero-order valence-electron chi connectivity index (χ0n) is 22.4. The second-order valence-electron chi connectivity index (χ2n) is 9.49. The highest BCUT2D eigenvalue weighted by Gasteiger charge is 2.46. The van der Waals surface area contributed by atoms with Crippen molar-refractivity contribution in [2.24, 2.45) is 0 Å². The topological polar surface area (TPSA) is 102 Å². The third-order valence-corrected chi connectivity index (χ3v) is 7.72. The van der Waals surface area contributed by atoms with Crippen LogP contribution >= 0.6 is 11.3 Å². The van der Waals surface area contributed by atoms with Crippen LogP contribution in [-0.4, -0.2) is 28.4 Å². The van der Waals surface area contributed by atoms with Gasteiger partial charge in [0, 0.05) is 0 Å². The van der Waals surface area contributed by atoms with Crippen molar-refractivity contribution in [3.63, 3.8) is 0 Å². The molecular weight excluding hydrogens is 540 g/mol. The number of ketones is 1. The molecule has 0 radical (unpaired) electrons. The molecule has 0 saturated carbocycles. The molecule has 6 rings (SSSR count). The molecule has 41 heavy (non-hydrogen) atoms. The van der Waals surface area contributed by atoms with Crippen LogP contribution in [0.5, 0.6) is 11.5 Å². The lowest BCUT2D eigenvalue weighted by Crippen LogP contribution is -2.31. The van der Waals surface area contributed by atoms with Crippen molar-refractivity contribution in [1.82, 2.24) is 4.98 Å². The molecule has 0 saturated heterocycles. The number of aryl methyl sites for hydroxylation is 1. The van der Waals surface area contributed by atoms with E-state index in [9.17, 15) is 14.7 Å². The summed E-state index contributed by atoms with van der Waals surface area (Å²) < 4.78 is 18.1. The zero-order chi connectivity index (χ0) is 28.5. The number of amides is 1. The molecule has 3 aromatic carbocycles. The normalized spacial score (nSPS) is 15.1. The summed E-state index contributed by atoms with van der Waals surface area (Å²) >= 11 is 1.27. The van der Waals surface area contributed by atoms with Gasteiger partial charge >= 0.3 is 0 Å². The van der Waals surface area contributed by atoms with Crippen molar-refractivity contribution in [2.75, 3.05) is 11.5 Å². The largest absolute Gasteiger partial charge is 0.503 e. The Labute approximate surface area is 240 Å². The minimum absolute atomic E-state index is 0.0332. The number of aliphatic hydroxyl groups excluding tert-OH is 1. The Morgan fingerprint density at radius 1 is 1.00 bits per heavy atom. The molecule has 0 aliphatic carbocycles. The van der Waals surface area contributed by atoms with E-state index in [4.69, 9.17) is 13.9 Å². The van der Waals surface area contributed by atoms with E-state index in [1.165, 1.54) is 22.3 Å². The number of benzene rings is 3. The second-order valence-corrected chi connectivity index (χ2v) is 10.5. The summed E-state index contributed by atoms with van der Waals surface area (Å²) in [6.45, 7) is 4.49. The fourth-order valence-electron chi connectivity index (χ4n) is 4.81. The molecule has 1 aliphatic rings. The Kier molecular flexibility index (Phi) is 7.03. The average Bonchev–Trinajstić information content (AvgIpc) is 3.68. The average molecular weight is 567 g/mol. The summed E-state index contributed by atoms with van der Waals surface area (Å²) in [5, 5.41) is 11.5. The second kappa shape index (κ2) is 10.9. The molecular formula is C32H26N2O6S. The fourth-order valence-corrected chi connectivity index (χ4v) is 5.83. The van der Waals surface area contributed by atoms with Crippen molar-refractivity contribution in [2.45, 2.75) is 26.5 Å². The molecule has 1 atom stereocenters. The summed E-state index contributed by atoms with van der Waals surface area (Å²) in [7, 11) is 0. The molecule has 1 amide bonds. The minimum atomic E-state index is -0.965. The van der Waals surface area contributed by atoms with Gasteiger partial charge in [0.2, 0.25) is 5.78 Å². The van der Waals surface area contributed by atoms with E-state index in [0.29, 0.717) is 46.7 Å². The number of anilines is 1. The number of carbonyl (C=O) groups excluding carboxylic acids is 2. The smallest absolute Gasteiger partial charge is 0.296 e. The molecule has 2 aromatic heterocycles. The lowest BCUT2D eigenvalue weighted by Gasteiger charge is -2.24. The highest BCUT2D eigenvalue weighted by Crippen LogP contribution is 2.45. The Hall–Kier alpha value is -4.89. The summed E-state index contributed by atoms with van der Waals surface area (Å²) in [6, 6.07) is 24.6. The number of thiazole rings is 1. The first kappa shape index (κ1) is 26.3. The van der Waals surface area contributed by atoms with Gasteiger partial charge in [0.15, 0.2) is 16.7 Å². The van der Waals surface area contributed by atoms with Gasteiger partial charge < -0.3 is 19.0 Å². The van der Waals surface area contributed by atoms with Crippen LogP contribution in [0.2, 0.25) is 0 Å². The van der Waals surface area contributed by atoms with Crippen LogP contribution in [0.1, 0.15) is 40.4 Å². The lowest BCUT2D eigenvalue weighted by atomic mass is 9.95. The first-order valence-corrected chi connectivity index (χ1v) is 13.9. The van der Waals surface area contributed by atoms with E-state index in [0.717, 1.165) is 10.3 Å². The lowest BCUT2D eigenvalue weighted by molar-refractivity contribution is -0.117. The van der Waals surface area contributed by atoms with Crippen LogP contribution < -0.4 is 14.4 Å². The number of aromatic nitrogens is 1. The molecule has 3 heterocycles. The molecule has 1 unspecified atom stereocenters. The van der Waals surface area contributed by atoms with E-state index in [1.54, 1.807) is 37.3 Å². The number of carbonyl (C=O) groups is 2. The van der Waals surface area contributed by atoms with Crippen molar-refractivity contribution in [3.05, 3.63) is 119 Å². The molecule has 1 N–H and O–H groups in total.